The van der Waals surface area contributed by atoms with Gasteiger partial charge < -0.3 is 19.4 Å². The number of aryl methyl sites for hydroxylation is 2. The Bertz CT molecular complexity index is 1080. The summed E-state index contributed by atoms with van der Waals surface area (Å²) in [4.78, 5) is 23.6. The first-order chi connectivity index (χ1) is 15.9. The maximum absolute atomic E-state index is 14.4. The summed E-state index contributed by atoms with van der Waals surface area (Å²) in [7, 11) is 0. The molecule has 1 aliphatic rings. The average molecular weight is 447 g/mol. The molecule has 3 aromatic rings. The number of rotatable bonds is 7. The lowest BCUT2D eigenvalue weighted by Gasteiger charge is -2.41. The van der Waals surface area contributed by atoms with Crippen LogP contribution in [0.15, 0.2) is 72.8 Å². The van der Waals surface area contributed by atoms with Crippen molar-refractivity contribution in [3.8, 4) is 5.75 Å². The maximum atomic E-state index is 14.4. The molecule has 1 atom stereocenters. The SMILES string of the molecule is Cc1cc([N+]([O-])(c2ccccc2)c2ccccc2)cc(C)c1OCC(=O)OC1CCOC1=O. The summed E-state index contributed by atoms with van der Waals surface area (Å²) in [5.74, 6) is -0.687. The van der Waals surface area contributed by atoms with E-state index in [0.29, 0.717) is 40.4 Å². The third kappa shape index (κ3) is 4.60. The normalized spacial score (nSPS) is 15.7. The molecule has 0 amide bonds. The fourth-order valence-electron chi connectivity index (χ4n) is 3.97. The van der Waals surface area contributed by atoms with Crippen molar-refractivity contribution in [2.45, 2.75) is 26.4 Å². The molecular formula is C26H25NO6. The summed E-state index contributed by atoms with van der Waals surface area (Å²) in [6.07, 6.45) is -0.527. The van der Waals surface area contributed by atoms with E-state index in [-0.39, 0.29) is 13.2 Å². The molecule has 1 aliphatic heterocycles. The number of hydrogen-bond acceptors (Lipinski definition) is 6. The van der Waals surface area contributed by atoms with E-state index in [1.807, 2.05) is 50.2 Å². The van der Waals surface area contributed by atoms with Crippen LogP contribution in [-0.4, -0.2) is 31.3 Å². The van der Waals surface area contributed by atoms with Gasteiger partial charge in [0, 0.05) is 42.8 Å². The molecule has 33 heavy (non-hydrogen) atoms. The van der Waals surface area contributed by atoms with Crippen LogP contribution in [0.4, 0.5) is 17.1 Å². The molecular weight excluding hydrogens is 422 g/mol. The predicted octanol–water partition coefficient (Wildman–Crippen LogP) is 5.01. The number of quaternary nitrogens is 1. The zero-order valence-corrected chi connectivity index (χ0v) is 18.5. The van der Waals surface area contributed by atoms with Crippen LogP contribution in [-0.2, 0) is 19.1 Å². The molecule has 0 spiro atoms. The van der Waals surface area contributed by atoms with Gasteiger partial charge in [0.1, 0.15) is 22.8 Å². The van der Waals surface area contributed by atoms with E-state index in [9.17, 15) is 14.8 Å². The number of carbonyl (C=O) groups is 2. The van der Waals surface area contributed by atoms with Gasteiger partial charge in [-0.1, -0.05) is 36.4 Å². The van der Waals surface area contributed by atoms with Crippen LogP contribution in [0.3, 0.4) is 0 Å². The Kier molecular flexibility index (Phi) is 6.44. The van der Waals surface area contributed by atoms with Gasteiger partial charge in [-0.2, -0.15) is 0 Å². The molecule has 170 valence electrons. The second-order valence-corrected chi connectivity index (χ2v) is 7.91. The molecule has 7 nitrogen and oxygen atoms in total. The lowest BCUT2D eigenvalue weighted by Crippen LogP contribution is -2.31. The van der Waals surface area contributed by atoms with Crippen molar-refractivity contribution in [3.63, 3.8) is 0 Å². The highest BCUT2D eigenvalue weighted by atomic mass is 16.6. The van der Waals surface area contributed by atoms with Crippen molar-refractivity contribution in [1.82, 2.24) is 4.65 Å². The van der Waals surface area contributed by atoms with Crippen LogP contribution in [0, 0.1) is 19.1 Å². The monoisotopic (exact) mass is 447 g/mol. The van der Waals surface area contributed by atoms with Crippen LogP contribution in [0.5, 0.6) is 5.75 Å². The molecule has 0 bridgehead atoms. The van der Waals surface area contributed by atoms with E-state index in [1.165, 1.54) is 0 Å². The minimum atomic E-state index is -0.874. The van der Waals surface area contributed by atoms with E-state index in [4.69, 9.17) is 14.2 Å². The number of esters is 2. The summed E-state index contributed by atoms with van der Waals surface area (Å²) in [5, 5.41) is 14.4. The van der Waals surface area contributed by atoms with Crippen molar-refractivity contribution >= 4 is 29.0 Å². The molecule has 0 aromatic heterocycles. The fourth-order valence-corrected chi connectivity index (χ4v) is 3.97. The number of carbonyl (C=O) groups excluding carboxylic acids is 2. The summed E-state index contributed by atoms with van der Waals surface area (Å²) in [6.45, 7) is 3.55. The molecule has 4 rings (SSSR count). The topological polar surface area (TPSA) is 84.9 Å². The summed E-state index contributed by atoms with van der Waals surface area (Å²) in [6, 6.07) is 21.9. The van der Waals surface area contributed by atoms with Crippen LogP contribution >= 0.6 is 0 Å². The summed E-state index contributed by atoms with van der Waals surface area (Å²) < 4.78 is 14.9. The van der Waals surface area contributed by atoms with Gasteiger partial charge >= 0.3 is 11.9 Å². The first kappa shape index (κ1) is 22.5. The lowest BCUT2D eigenvalue weighted by molar-refractivity contribution is -0.161. The van der Waals surface area contributed by atoms with Gasteiger partial charge in [-0.05, 0) is 25.0 Å². The lowest BCUT2D eigenvalue weighted by atomic mass is 10.1. The highest BCUT2D eigenvalue weighted by molar-refractivity contribution is 5.81. The zero-order valence-electron chi connectivity index (χ0n) is 18.5. The van der Waals surface area contributed by atoms with Crippen molar-refractivity contribution in [3.05, 3.63) is 89.1 Å². The predicted molar refractivity (Wildman–Crippen MR) is 124 cm³/mol. The smallest absolute Gasteiger partial charge is 0.347 e. The Balaban J connectivity index is 1.61. The van der Waals surface area contributed by atoms with Gasteiger partial charge in [0.25, 0.3) is 0 Å². The Hall–Kier alpha value is -3.68. The molecule has 3 aromatic carbocycles. The maximum Gasteiger partial charge on any atom is 0.347 e. The molecule has 0 radical (unpaired) electrons. The van der Waals surface area contributed by atoms with Gasteiger partial charge in [-0.15, -0.1) is 0 Å². The van der Waals surface area contributed by atoms with Crippen molar-refractivity contribution < 1.29 is 23.8 Å². The third-order valence-corrected chi connectivity index (χ3v) is 5.54. The Morgan fingerprint density at radius 3 is 2.00 bits per heavy atom. The number of nitrogens with zero attached hydrogens (tertiary/aromatic N) is 1. The van der Waals surface area contributed by atoms with Gasteiger partial charge in [0.2, 0.25) is 6.10 Å². The van der Waals surface area contributed by atoms with E-state index in [0.717, 1.165) is 0 Å². The Morgan fingerprint density at radius 1 is 0.970 bits per heavy atom. The summed E-state index contributed by atoms with van der Waals surface area (Å²) in [5.41, 5.74) is 3.09. The van der Waals surface area contributed by atoms with Gasteiger partial charge in [0.05, 0.1) is 6.61 Å². The molecule has 0 aliphatic carbocycles. The van der Waals surface area contributed by atoms with Gasteiger partial charge in [0.15, 0.2) is 6.61 Å². The van der Waals surface area contributed by atoms with Crippen LogP contribution in [0.25, 0.3) is 0 Å². The number of hydrogen-bond donors (Lipinski definition) is 0. The molecule has 1 unspecified atom stereocenters. The number of benzene rings is 3. The zero-order chi connectivity index (χ0) is 23.4. The number of para-hydroxylation sites is 2. The average Bonchev–Trinajstić information content (AvgIpc) is 3.23. The minimum absolute atomic E-state index is 0.245. The van der Waals surface area contributed by atoms with E-state index < -0.39 is 22.7 Å². The Morgan fingerprint density at radius 2 is 1.52 bits per heavy atom. The van der Waals surface area contributed by atoms with E-state index in [1.54, 1.807) is 36.4 Å². The first-order valence-electron chi connectivity index (χ1n) is 10.7. The van der Waals surface area contributed by atoms with Crippen molar-refractivity contribution in [2.24, 2.45) is 0 Å². The highest BCUT2D eigenvalue weighted by Crippen LogP contribution is 2.44. The van der Waals surface area contributed by atoms with Crippen molar-refractivity contribution in [2.75, 3.05) is 13.2 Å². The van der Waals surface area contributed by atoms with Gasteiger partial charge in [-0.25, -0.2) is 9.59 Å². The van der Waals surface area contributed by atoms with Crippen LogP contribution in [0.1, 0.15) is 17.5 Å². The van der Waals surface area contributed by atoms with Crippen LogP contribution in [0.2, 0.25) is 0 Å². The molecule has 0 N–H and O–H groups in total. The number of ether oxygens (including phenoxy) is 3. The molecule has 1 heterocycles. The highest BCUT2D eigenvalue weighted by Gasteiger charge is 2.31. The second kappa shape index (κ2) is 9.44. The third-order valence-electron chi connectivity index (χ3n) is 5.54. The largest absolute Gasteiger partial charge is 0.616 e. The molecule has 1 saturated heterocycles. The van der Waals surface area contributed by atoms with E-state index >= 15 is 0 Å². The second-order valence-electron chi connectivity index (χ2n) is 7.91. The molecule has 7 heteroatoms. The molecule has 0 saturated carbocycles. The Labute approximate surface area is 192 Å². The standard InChI is InChI=1S/C26H25NO6/c1-18-15-22(27(30,20-9-5-3-6-10-20)21-11-7-4-8-12-21)16-19(2)25(18)32-17-24(28)33-23-13-14-31-26(23)29/h3-12,15-16,23H,13-14,17H2,1-2H3. The summed E-state index contributed by atoms with van der Waals surface area (Å²) >= 11 is 0. The van der Waals surface area contributed by atoms with Crippen LogP contribution < -0.4 is 9.38 Å². The fraction of sp³-hybridized carbons (Fsp3) is 0.231. The number of cyclic esters (lactones) is 1. The van der Waals surface area contributed by atoms with E-state index in [2.05, 4.69) is 0 Å². The quantitative estimate of drug-likeness (QED) is 0.288. The van der Waals surface area contributed by atoms with Gasteiger partial charge in [-0.3, -0.25) is 4.65 Å². The minimum Gasteiger partial charge on any atom is -0.616 e. The first-order valence-corrected chi connectivity index (χ1v) is 10.7. The molecule has 1 fully saturated rings. The van der Waals surface area contributed by atoms with Crippen molar-refractivity contribution in [1.29, 1.82) is 0 Å².